The molecule has 0 radical (unpaired) electrons. The number of hydrogen-bond acceptors (Lipinski definition) is 0. The van der Waals surface area contributed by atoms with Crippen molar-refractivity contribution in [3.63, 3.8) is 0 Å². The fraction of sp³-hybridized carbons (Fsp3) is 0.636. The van der Waals surface area contributed by atoms with E-state index >= 15 is 0 Å². The SMILES string of the molecule is CC(C)(C)[Si](C)(C)C1=[C-]CC=C1.Cl.Cl.[Zr]. The van der Waals surface area contributed by atoms with Crippen LogP contribution in [0.15, 0.2) is 17.3 Å². The molecule has 0 nitrogen and oxygen atoms in total. The Morgan fingerprint density at radius 3 is 1.93 bits per heavy atom. The molecule has 0 heterocycles. The summed E-state index contributed by atoms with van der Waals surface area (Å²) in [6.45, 7) is 11.9. The number of rotatable bonds is 1. The van der Waals surface area contributed by atoms with E-state index < -0.39 is 8.07 Å². The van der Waals surface area contributed by atoms with Crippen LogP contribution in [0.5, 0.6) is 0 Å². The van der Waals surface area contributed by atoms with Gasteiger partial charge in [-0.15, -0.1) is 31.2 Å². The Morgan fingerprint density at radius 1 is 1.20 bits per heavy atom. The van der Waals surface area contributed by atoms with Crippen LogP contribution in [0.4, 0.5) is 0 Å². The second-order valence-electron chi connectivity index (χ2n) is 5.07. The zero-order chi connectivity index (χ0) is 9.41. The van der Waals surface area contributed by atoms with Gasteiger partial charge < -0.3 is 0 Å². The summed E-state index contributed by atoms with van der Waals surface area (Å²) in [7, 11) is -1.25. The van der Waals surface area contributed by atoms with Crippen molar-refractivity contribution in [2.75, 3.05) is 0 Å². The van der Waals surface area contributed by atoms with E-state index in [0.29, 0.717) is 5.04 Å². The molecule has 0 bridgehead atoms. The van der Waals surface area contributed by atoms with Crippen LogP contribution in [0.1, 0.15) is 27.2 Å². The standard InChI is InChI=1S/C11H19Si.2ClH.Zr/c1-11(2,3)12(4,5)10-8-6-7-9-10;;;/h6,8H,7H2,1-5H3;2*1H;/q-1;;;. The van der Waals surface area contributed by atoms with Crippen molar-refractivity contribution in [2.45, 2.75) is 45.3 Å². The Kier molecular flexibility index (Phi) is 10.7. The van der Waals surface area contributed by atoms with Crippen molar-refractivity contribution in [3.8, 4) is 0 Å². The van der Waals surface area contributed by atoms with Crippen molar-refractivity contribution in [2.24, 2.45) is 0 Å². The van der Waals surface area contributed by atoms with Gasteiger partial charge >= 0.3 is 0 Å². The van der Waals surface area contributed by atoms with E-state index in [1.165, 1.54) is 5.20 Å². The van der Waals surface area contributed by atoms with Crippen molar-refractivity contribution in [3.05, 3.63) is 23.4 Å². The maximum Gasteiger partial charge on any atom is 0.0479 e. The molecular formula is C11H21Cl2SiZr-. The van der Waals surface area contributed by atoms with Gasteiger partial charge in [0, 0.05) is 34.3 Å². The Balaban J connectivity index is -0.000000480. The summed E-state index contributed by atoms with van der Waals surface area (Å²) in [6, 6.07) is 0. The van der Waals surface area contributed by atoms with E-state index in [2.05, 4.69) is 52.1 Å². The fourth-order valence-electron chi connectivity index (χ4n) is 1.24. The molecule has 0 N–H and O–H groups in total. The smallest absolute Gasteiger partial charge is 0.0479 e. The van der Waals surface area contributed by atoms with Gasteiger partial charge in [0.15, 0.2) is 0 Å². The van der Waals surface area contributed by atoms with E-state index in [9.17, 15) is 0 Å². The van der Waals surface area contributed by atoms with Crippen molar-refractivity contribution in [1.29, 1.82) is 0 Å². The molecule has 0 fully saturated rings. The summed E-state index contributed by atoms with van der Waals surface area (Å²) in [5, 5.41) is 1.96. The third-order valence-electron chi connectivity index (χ3n) is 3.24. The first kappa shape index (κ1) is 21.4. The minimum atomic E-state index is -1.25. The van der Waals surface area contributed by atoms with Crippen LogP contribution in [0, 0.1) is 6.08 Å². The molecule has 1 rings (SSSR count). The molecule has 0 atom stereocenters. The van der Waals surface area contributed by atoms with Gasteiger partial charge in [-0.2, -0.15) is 6.08 Å². The van der Waals surface area contributed by atoms with Gasteiger partial charge in [-0.3, -0.25) is 6.08 Å². The van der Waals surface area contributed by atoms with Gasteiger partial charge in [0.25, 0.3) is 0 Å². The fourth-order valence-corrected chi connectivity index (χ4v) is 3.12. The van der Waals surface area contributed by atoms with Gasteiger partial charge in [-0.05, 0) is 5.04 Å². The summed E-state index contributed by atoms with van der Waals surface area (Å²) < 4.78 is 0. The van der Waals surface area contributed by atoms with Gasteiger partial charge in [0.2, 0.25) is 0 Å². The van der Waals surface area contributed by atoms with Crippen LogP contribution < -0.4 is 0 Å². The van der Waals surface area contributed by atoms with Gasteiger partial charge in [-0.25, -0.2) is 11.3 Å². The largest absolute Gasteiger partial charge is 0.274 e. The first-order chi connectivity index (χ1) is 5.36. The van der Waals surface area contributed by atoms with Crippen LogP contribution in [-0.2, 0) is 26.2 Å². The molecule has 0 unspecified atom stereocenters. The Hall–Kier alpha value is 1.16. The first-order valence-electron chi connectivity index (χ1n) is 4.63. The molecule has 88 valence electrons. The van der Waals surface area contributed by atoms with Crippen molar-refractivity contribution >= 4 is 32.9 Å². The van der Waals surface area contributed by atoms with E-state index in [1.807, 2.05) is 0 Å². The molecule has 1 aliphatic carbocycles. The predicted octanol–water partition coefficient (Wildman–Crippen LogP) is 4.56. The van der Waals surface area contributed by atoms with Gasteiger partial charge in [0.05, 0.1) is 0 Å². The Labute approximate surface area is 127 Å². The van der Waals surface area contributed by atoms with E-state index in [0.717, 1.165) is 6.42 Å². The summed E-state index contributed by atoms with van der Waals surface area (Å²) >= 11 is 0. The second-order valence-corrected chi connectivity index (χ2v) is 10.4. The van der Waals surface area contributed by atoms with E-state index in [1.54, 1.807) is 0 Å². The molecule has 15 heavy (non-hydrogen) atoms. The van der Waals surface area contributed by atoms with E-state index in [4.69, 9.17) is 0 Å². The average molecular weight is 344 g/mol. The molecule has 0 saturated heterocycles. The summed E-state index contributed by atoms with van der Waals surface area (Å²) in [5.74, 6) is 0. The molecule has 4 heteroatoms. The molecule has 0 saturated carbocycles. The predicted molar refractivity (Wildman–Crippen MR) is 72.2 cm³/mol. The van der Waals surface area contributed by atoms with Gasteiger partial charge in [0.1, 0.15) is 0 Å². The quantitative estimate of drug-likeness (QED) is 0.483. The Bertz CT molecular complexity index is 239. The van der Waals surface area contributed by atoms with Crippen molar-refractivity contribution < 1.29 is 26.2 Å². The summed E-state index contributed by atoms with van der Waals surface area (Å²) in [6.07, 6.45) is 8.99. The number of hydrogen-bond donors (Lipinski definition) is 0. The molecule has 0 aromatic carbocycles. The summed E-state index contributed by atoms with van der Waals surface area (Å²) in [4.78, 5) is 0. The zero-order valence-electron chi connectivity index (χ0n) is 10.2. The normalized spacial score (nSPS) is 14.6. The maximum atomic E-state index is 3.47. The van der Waals surface area contributed by atoms with Crippen molar-refractivity contribution in [1.82, 2.24) is 0 Å². The first-order valence-corrected chi connectivity index (χ1v) is 7.63. The minimum absolute atomic E-state index is 0. The maximum absolute atomic E-state index is 3.47. The van der Waals surface area contributed by atoms with Crippen LogP contribution in [0.2, 0.25) is 18.1 Å². The summed E-state index contributed by atoms with van der Waals surface area (Å²) in [5.41, 5.74) is 0. The molecule has 0 amide bonds. The molecular weight excluding hydrogens is 322 g/mol. The number of allylic oxidation sites excluding steroid dienone is 4. The second kappa shape index (κ2) is 7.48. The van der Waals surface area contributed by atoms with Crippen LogP contribution in [-0.4, -0.2) is 8.07 Å². The van der Waals surface area contributed by atoms with Crippen LogP contribution >= 0.6 is 24.8 Å². The minimum Gasteiger partial charge on any atom is -0.274 e. The molecule has 0 aromatic heterocycles. The third-order valence-corrected chi connectivity index (χ3v) is 8.68. The topological polar surface area (TPSA) is 0 Å². The molecule has 0 spiro atoms. The molecule has 0 aromatic rings. The van der Waals surface area contributed by atoms with Crippen LogP contribution in [0.3, 0.4) is 0 Å². The number of halogens is 2. The zero-order valence-corrected chi connectivity index (χ0v) is 15.3. The van der Waals surface area contributed by atoms with Crippen LogP contribution in [0.25, 0.3) is 0 Å². The molecule has 0 aliphatic heterocycles. The van der Waals surface area contributed by atoms with Gasteiger partial charge in [-0.1, -0.05) is 33.9 Å². The Morgan fingerprint density at radius 2 is 1.67 bits per heavy atom. The van der Waals surface area contributed by atoms with E-state index in [-0.39, 0.29) is 51.0 Å². The molecule has 1 aliphatic rings. The third kappa shape index (κ3) is 4.89. The monoisotopic (exact) mass is 341 g/mol. The average Bonchev–Trinajstić information content (AvgIpc) is 2.34.